The first-order valence-corrected chi connectivity index (χ1v) is 6.33. The predicted molar refractivity (Wildman–Crippen MR) is 63.4 cm³/mol. The fourth-order valence-electron chi connectivity index (χ4n) is 1.86. The minimum atomic E-state index is -0.720. The molecule has 0 spiro atoms. The number of carboxylic acid groups (broad SMARTS) is 1. The number of carboxylic acids is 1. The molecular weight excluding hydrogens is 204 g/mol. The Balaban J connectivity index is 1.92. The molecule has 94 valence electrons. The van der Waals surface area contributed by atoms with Gasteiger partial charge in [0.05, 0.1) is 5.41 Å². The first-order chi connectivity index (χ1) is 7.52. The smallest absolute Gasteiger partial charge is 0.309 e. The SMILES string of the molecule is CC(C)(CCCOCCC1CCC1)C(=O)O. The van der Waals surface area contributed by atoms with Crippen LogP contribution in [0.5, 0.6) is 0 Å². The number of aliphatic carboxylic acids is 1. The third kappa shape index (κ3) is 4.52. The van der Waals surface area contributed by atoms with Gasteiger partial charge in [0.25, 0.3) is 0 Å². The van der Waals surface area contributed by atoms with Gasteiger partial charge in [-0.3, -0.25) is 4.79 Å². The molecule has 1 saturated carbocycles. The Kier molecular flexibility index (Phi) is 5.26. The minimum absolute atomic E-state index is 0.614. The number of ether oxygens (including phenoxy) is 1. The summed E-state index contributed by atoms with van der Waals surface area (Å²) in [5, 5.41) is 8.92. The van der Waals surface area contributed by atoms with Crippen molar-refractivity contribution < 1.29 is 14.6 Å². The van der Waals surface area contributed by atoms with Gasteiger partial charge in [-0.1, -0.05) is 19.3 Å². The van der Waals surface area contributed by atoms with Crippen LogP contribution in [0.4, 0.5) is 0 Å². The Morgan fingerprint density at radius 3 is 2.56 bits per heavy atom. The van der Waals surface area contributed by atoms with Gasteiger partial charge in [0.15, 0.2) is 0 Å². The highest BCUT2D eigenvalue weighted by Crippen LogP contribution is 2.29. The van der Waals surface area contributed by atoms with Gasteiger partial charge >= 0.3 is 5.97 Å². The van der Waals surface area contributed by atoms with Gasteiger partial charge in [-0.2, -0.15) is 0 Å². The van der Waals surface area contributed by atoms with Gasteiger partial charge in [0, 0.05) is 13.2 Å². The van der Waals surface area contributed by atoms with Gasteiger partial charge in [-0.15, -0.1) is 0 Å². The molecule has 0 aromatic rings. The van der Waals surface area contributed by atoms with E-state index in [4.69, 9.17) is 9.84 Å². The third-order valence-corrected chi connectivity index (χ3v) is 3.56. The normalized spacial score (nSPS) is 17.1. The second-order valence-electron chi connectivity index (χ2n) is 5.49. The molecule has 0 amide bonds. The molecule has 0 saturated heterocycles. The molecule has 1 N–H and O–H groups in total. The summed E-state index contributed by atoms with van der Waals surface area (Å²) in [5.41, 5.74) is -0.614. The lowest BCUT2D eigenvalue weighted by atomic mass is 9.83. The van der Waals surface area contributed by atoms with Crippen molar-refractivity contribution in [2.75, 3.05) is 13.2 Å². The highest BCUT2D eigenvalue weighted by Gasteiger charge is 2.26. The van der Waals surface area contributed by atoms with Crippen molar-refractivity contribution in [3.05, 3.63) is 0 Å². The van der Waals surface area contributed by atoms with Crippen molar-refractivity contribution in [2.24, 2.45) is 11.3 Å². The largest absolute Gasteiger partial charge is 0.481 e. The maximum atomic E-state index is 10.8. The molecule has 3 heteroatoms. The van der Waals surface area contributed by atoms with Crippen LogP contribution in [0.1, 0.15) is 52.4 Å². The molecule has 0 aliphatic heterocycles. The highest BCUT2D eigenvalue weighted by molar-refractivity contribution is 5.73. The molecule has 0 bridgehead atoms. The average molecular weight is 228 g/mol. The zero-order valence-corrected chi connectivity index (χ0v) is 10.5. The van der Waals surface area contributed by atoms with Crippen molar-refractivity contribution in [3.8, 4) is 0 Å². The maximum Gasteiger partial charge on any atom is 0.309 e. The van der Waals surface area contributed by atoms with E-state index in [0.717, 1.165) is 18.9 Å². The fourth-order valence-corrected chi connectivity index (χ4v) is 1.86. The van der Waals surface area contributed by atoms with E-state index in [1.165, 1.54) is 25.7 Å². The minimum Gasteiger partial charge on any atom is -0.481 e. The molecule has 1 aliphatic rings. The lowest BCUT2D eigenvalue weighted by Gasteiger charge is -2.25. The van der Waals surface area contributed by atoms with Gasteiger partial charge in [0.1, 0.15) is 0 Å². The Morgan fingerprint density at radius 1 is 1.38 bits per heavy atom. The molecular formula is C13H24O3. The fraction of sp³-hybridized carbons (Fsp3) is 0.923. The number of hydrogen-bond donors (Lipinski definition) is 1. The van der Waals surface area contributed by atoms with Crippen LogP contribution in [0.15, 0.2) is 0 Å². The molecule has 1 rings (SSSR count). The van der Waals surface area contributed by atoms with Crippen LogP contribution in [0, 0.1) is 11.3 Å². The lowest BCUT2D eigenvalue weighted by molar-refractivity contribution is -0.147. The van der Waals surface area contributed by atoms with Crippen LogP contribution in [0.25, 0.3) is 0 Å². The van der Waals surface area contributed by atoms with E-state index >= 15 is 0 Å². The first-order valence-electron chi connectivity index (χ1n) is 6.33. The molecule has 1 fully saturated rings. The predicted octanol–water partition coefficient (Wildman–Crippen LogP) is 3.08. The molecule has 0 atom stereocenters. The summed E-state index contributed by atoms with van der Waals surface area (Å²) in [5.74, 6) is 0.178. The lowest BCUT2D eigenvalue weighted by Crippen LogP contribution is -2.24. The first kappa shape index (κ1) is 13.5. The number of rotatable bonds is 8. The van der Waals surface area contributed by atoms with Gasteiger partial charge < -0.3 is 9.84 Å². The van der Waals surface area contributed by atoms with Crippen molar-refractivity contribution in [2.45, 2.75) is 52.4 Å². The molecule has 16 heavy (non-hydrogen) atoms. The van der Waals surface area contributed by atoms with Crippen LogP contribution in [-0.2, 0) is 9.53 Å². The average Bonchev–Trinajstić information content (AvgIpc) is 2.13. The maximum absolute atomic E-state index is 10.8. The summed E-state index contributed by atoms with van der Waals surface area (Å²) in [4.78, 5) is 10.8. The van der Waals surface area contributed by atoms with Gasteiger partial charge in [0.2, 0.25) is 0 Å². The summed E-state index contributed by atoms with van der Waals surface area (Å²) in [6, 6.07) is 0. The van der Waals surface area contributed by atoms with Gasteiger partial charge in [-0.05, 0) is 39.0 Å². The highest BCUT2D eigenvalue weighted by atomic mass is 16.5. The third-order valence-electron chi connectivity index (χ3n) is 3.56. The van der Waals surface area contributed by atoms with Crippen LogP contribution in [-0.4, -0.2) is 24.3 Å². The van der Waals surface area contributed by atoms with E-state index in [0.29, 0.717) is 13.0 Å². The van der Waals surface area contributed by atoms with Crippen LogP contribution >= 0.6 is 0 Å². The van der Waals surface area contributed by atoms with Crippen molar-refractivity contribution in [1.82, 2.24) is 0 Å². The molecule has 0 radical (unpaired) electrons. The monoisotopic (exact) mass is 228 g/mol. The number of hydrogen-bond acceptors (Lipinski definition) is 2. The second kappa shape index (κ2) is 6.24. The van der Waals surface area contributed by atoms with Gasteiger partial charge in [-0.25, -0.2) is 0 Å². The van der Waals surface area contributed by atoms with Crippen LogP contribution in [0.2, 0.25) is 0 Å². The summed E-state index contributed by atoms with van der Waals surface area (Å²) < 4.78 is 5.52. The van der Waals surface area contributed by atoms with E-state index in [2.05, 4.69) is 0 Å². The van der Waals surface area contributed by atoms with E-state index < -0.39 is 11.4 Å². The Labute approximate surface area is 98.2 Å². The Bertz CT molecular complexity index is 219. The van der Waals surface area contributed by atoms with E-state index in [1.807, 2.05) is 0 Å². The topological polar surface area (TPSA) is 46.5 Å². The summed E-state index contributed by atoms with van der Waals surface area (Å²) in [7, 11) is 0. The van der Waals surface area contributed by atoms with Crippen LogP contribution in [0.3, 0.4) is 0 Å². The standard InChI is InChI=1S/C13H24O3/c1-13(2,12(14)15)8-4-9-16-10-7-11-5-3-6-11/h11H,3-10H2,1-2H3,(H,14,15). The Morgan fingerprint density at radius 2 is 2.06 bits per heavy atom. The molecule has 0 heterocycles. The number of carbonyl (C=O) groups is 1. The van der Waals surface area contributed by atoms with Crippen molar-refractivity contribution in [1.29, 1.82) is 0 Å². The van der Waals surface area contributed by atoms with Crippen LogP contribution < -0.4 is 0 Å². The Hall–Kier alpha value is -0.570. The van der Waals surface area contributed by atoms with E-state index in [9.17, 15) is 4.79 Å². The van der Waals surface area contributed by atoms with Crippen molar-refractivity contribution >= 4 is 5.97 Å². The molecule has 1 aliphatic carbocycles. The molecule has 0 aromatic heterocycles. The summed E-state index contributed by atoms with van der Waals surface area (Å²) in [6.45, 7) is 5.08. The van der Waals surface area contributed by atoms with E-state index in [-0.39, 0.29) is 0 Å². The zero-order valence-electron chi connectivity index (χ0n) is 10.5. The quantitative estimate of drug-likeness (QED) is 0.649. The molecule has 0 aromatic carbocycles. The summed E-state index contributed by atoms with van der Waals surface area (Å²) in [6.07, 6.45) is 6.83. The van der Waals surface area contributed by atoms with E-state index in [1.54, 1.807) is 13.8 Å². The molecule has 0 unspecified atom stereocenters. The second-order valence-corrected chi connectivity index (χ2v) is 5.49. The molecule has 3 nitrogen and oxygen atoms in total. The zero-order chi connectivity index (χ0) is 12.0. The summed E-state index contributed by atoms with van der Waals surface area (Å²) >= 11 is 0. The van der Waals surface area contributed by atoms with Crippen molar-refractivity contribution in [3.63, 3.8) is 0 Å².